The Hall–Kier alpha value is -5.16. The van der Waals surface area contributed by atoms with E-state index in [0.717, 1.165) is 27.8 Å². The fourth-order valence-electron chi connectivity index (χ4n) is 6.56. The molecule has 0 saturated carbocycles. The molecule has 5 heteroatoms. The maximum absolute atomic E-state index is 12.9. The molecule has 0 saturated heterocycles. The molecule has 6 aromatic carbocycles. The SMILES string of the molecule is Cc1ccc(C(OCc2ccc(NC(=O)OCC3c4ccccc4-c4ccccc43)cc2)(c2ccccc2)c2ccccc2Cl)cc1. The van der Waals surface area contributed by atoms with E-state index in [1.807, 2.05) is 91.0 Å². The molecule has 0 fully saturated rings. The van der Waals surface area contributed by atoms with Gasteiger partial charge in [-0.2, -0.15) is 0 Å². The van der Waals surface area contributed by atoms with Crippen LogP contribution in [0.2, 0.25) is 5.02 Å². The lowest BCUT2D eigenvalue weighted by molar-refractivity contribution is 0.000314. The van der Waals surface area contributed by atoms with E-state index < -0.39 is 11.7 Å². The highest BCUT2D eigenvalue weighted by molar-refractivity contribution is 6.31. The van der Waals surface area contributed by atoms with E-state index in [9.17, 15) is 4.79 Å². The number of amides is 1. The highest BCUT2D eigenvalue weighted by Gasteiger charge is 2.39. The third-order valence-electron chi connectivity index (χ3n) is 8.89. The number of carbonyl (C=O) groups is 1. The van der Waals surface area contributed by atoms with Gasteiger partial charge in [-0.1, -0.05) is 151 Å². The van der Waals surface area contributed by atoms with Crippen molar-refractivity contribution in [2.45, 2.75) is 25.0 Å². The Morgan fingerprint density at radius 2 is 1.26 bits per heavy atom. The van der Waals surface area contributed by atoms with Crippen LogP contribution in [-0.4, -0.2) is 12.7 Å². The average molecular weight is 636 g/mol. The summed E-state index contributed by atoms with van der Waals surface area (Å²) >= 11 is 6.88. The van der Waals surface area contributed by atoms with Crippen LogP contribution in [-0.2, 0) is 21.7 Å². The second-order valence-electron chi connectivity index (χ2n) is 11.8. The second-order valence-corrected chi connectivity index (χ2v) is 12.2. The van der Waals surface area contributed by atoms with Gasteiger partial charge in [-0.05, 0) is 64.1 Å². The molecule has 1 unspecified atom stereocenters. The van der Waals surface area contributed by atoms with Gasteiger partial charge >= 0.3 is 6.09 Å². The summed E-state index contributed by atoms with van der Waals surface area (Å²) in [6.45, 7) is 2.64. The van der Waals surface area contributed by atoms with Crippen molar-refractivity contribution in [3.05, 3.63) is 196 Å². The molecular formula is C42H34ClNO3. The lowest BCUT2D eigenvalue weighted by Crippen LogP contribution is -2.33. The zero-order valence-corrected chi connectivity index (χ0v) is 26.8. The molecule has 1 atom stereocenters. The summed E-state index contributed by atoms with van der Waals surface area (Å²) in [5.74, 6) is 0.00389. The monoisotopic (exact) mass is 635 g/mol. The minimum absolute atomic E-state index is 0.00389. The van der Waals surface area contributed by atoms with Gasteiger partial charge in [0, 0.05) is 22.2 Å². The lowest BCUT2D eigenvalue weighted by Gasteiger charge is -2.36. The van der Waals surface area contributed by atoms with E-state index >= 15 is 0 Å². The molecule has 0 spiro atoms. The number of fused-ring (bicyclic) bond motifs is 3. The molecule has 0 heterocycles. The fourth-order valence-corrected chi connectivity index (χ4v) is 6.83. The van der Waals surface area contributed by atoms with Crippen molar-refractivity contribution in [1.29, 1.82) is 0 Å². The maximum Gasteiger partial charge on any atom is 0.411 e. The van der Waals surface area contributed by atoms with Gasteiger partial charge in [0.2, 0.25) is 0 Å². The minimum Gasteiger partial charge on any atom is -0.448 e. The number of aryl methyl sites for hydroxylation is 1. The molecule has 7 rings (SSSR count). The number of benzene rings is 6. The van der Waals surface area contributed by atoms with E-state index in [1.165, 1.54) is 22.3 Å². The van der Waals surface area contributed by atoms with Crippen molar-refractivity contribution in [3.8, 4) is 11.1 Å². The number of nitrogens with one attached hydrogen (secondary N) is 1. The Labute approximate surface area is 280 Å². The highest BCUT2D eigenvalue weighted by atomic mass is 35.5. The Morgan fingerprint density at radius 1 is 0.681 bits per heavy atom. The summed E-state index contributed by atoms with van der Waals surface area (Å²) in [4.78, 5) is 12.9. The predicted octanol–water partition coefficient (Wildman–Crippen LogP) is 10.5. The molecule has 0 aliphatic heterocycles. The highest BCUT2D eigenvalue weighted by Crippen LogP contribution is 2.45. The number of anilines is 1. The van der Waals surface area contributed by atoms with Gasteiger partial charge in [-0.3, -0.25) is 5.32 Å². The van der Waals surface area contributed by atoms with Crippen LogP contribution in [0.4, 0.5) is 10.5 Å². The van der Waals surface area contributed by atoms with Crippen LogP contribution in [0.15, 0.2) is 152 Å². The summed E-state index contributed by atoms with van der Waals surface area (Å²) < 4.78 is 12.7. The maximum atomic E-state index is 12.9. The third-order valence-corrected chi connectivity index (χ3v) is 9.22. The Kier molecular flexibility index (Phi) is 8.62. The number of hydrogen-bond acceptors (Lipinski definition) is 3. The number of halogens is 1. The van der Waals surface area contributed by atoms with Gasteiger partial charge < -0.3 is 9.47 Å². The van der Waals surface area contributed by atoms with E-state index in [0.29, 0.717) is 17.3 Å². The molecule has 232 valence electrons. The number of rotatable bonds is 9. The van der Waals surface area contributed by atoms with Crippen molar-refractivity contribution in [2.24, 2.45) is 0 Å². The molecule has 0 bridgehead atoms. The van der Waals surface area contributed by atoms with Crippen molar-refractivity contribution in [1.82, 2.24) is 0 Å². The first-order valence-electron chi connectivity index (χ1n) is 15.8. The molecule has 0 radical (unpaired) electrons. The zero-order chi connectivity index (χ0) is 32.2. The van der Waals surface area contributed by atoms with Crippen LogP contribution in [0.5, 0.6) is 0 Å². The molecule has 4 nitrogen and oxygen atoms in total. The topological polar surface area (TPSA) is 47.6 Å². The molecule has 1 N–H and O–H groups in total. The van der Waals surface area contributed by atoms with E-state index in [2.05, 4.69) is 72.9 Å². The van der Waals surface area contributed by atoms with Crippen LogP contribution in [0, 0.1) is 6.92 Å². The quantitative estimate of drug-likeness (QED) is 0.161. The summed E-state index contributed by atoms with van der Waals surface area (Å²) in [6.07, 6.45) is -0.489. The normalized spacial score (nSPS) is 13.3. The summed E-state index contributed by atoms with van der Waals surface area (Å²) in [5, 5.41) is 3.51. The average Bonchev–Trinajstić information content (AvgIpc) is 3.43. The van der Waals surface area contributed by atoms with Gasteiger partial charge in [0.25, 0.3) is 0 Å². The molecule has 47 heavy (non-hydrogen) atoms. The third kappa shape index (κ3) is 6.06. The number of hydrogen-bond donors (Lipinski definition) is 1. The van der Waals surface area contributed by atoms with Gasteiger partial charge in [-0.15, -0.1) is 0 Å². The van der Waals surface area contributed by atoms with Crippen molar-refractivity contribution in [2.75, 3.05) is 11.9 Å². The minimum atomic E-state index is -0.953. The summed E-state index contributed by atoms with van der Waals surface area (Å²) in [7, 11) is 0. The van der Waals surface area contributed by atoms with E-state index in [-0.39, 0.29) is 12.5 Å². The molecule has 1 amide bonds. The zero-order valence-electron chi connectivity index (χ0n) is 26.0. The van der Waals surface area contributed by atoms with E-state index in [4.69, 9.17) is 21.1 Å². The molecule has 1 aliphatic rings. The van der Waals surface area contributed by atoms with Crippen LogP contribution >= 0.6 is 11.6 Å². The summed E-state index contributed by atoms with van der Waals surface area (Å²) in [6, 6.07) is 50.7. The number of carbonyl (C=O) groups excluding carboxylic acids is 1. The standard InChI is InChI=1S/C42H34ClNO3/c1-29-19-23-32(24-20-29)42(31-11-3-2-4-12-31,39-17-9-10-18-40(39)43)47-27-30-21-25-33(26-22-30)44-41(45)46-28-38-36-15-7-5-13-34(36)35-14-6-8-16-37(35)38/h2-26,38H,27-28H2,1H3,(H,44,45). The molecule has 0 aromatic heterocycles. The van der Waals surface area contributed by atoms with Crippen LogP contribution in [0.1, 0.15) is 44.9 Å². The first kappa shape index (κ1) is 30.5. The molecule has 6 aromatic rings. The Bertz CT molecular complexity index is 1960. The van der Waals surface area contributed by atoms with Gasteiger partial charge in [0.05, 0.1) is 6.61 Å². The second kappa shape index (κ2) is 13.3. The first-order chi connectivity index (χ1) is 23.0. The van der Waals surface area contributed by atoms with Gasteiger partial charge in [0.15, 0.2) is 0 Å². The molecular weight excluding hydrogens is 602 g/mol. The Balaban J connectivity index is 1.08. The van der Waals surface area contributed by atoms with Crippen molar-refractivity contribution in [3.63, 3.8) is 0 Å². The predicted molar refractivity (Wildman–Crippen MR) is 189 cm³/mol. The fraction of sp³-hybridized carbons (Fsp3) is 0.119. The van der Waals surface area contributed by atoms with Crippen molar-refractivity contribution >= 4 is 23.4 Å². The summed E-state index contributed by atoms with van der Waals surface area (Å²) in [5.41, 5.74) is 9.38. The number of ether oxygens (including phenoxy) is 2. The van der Waals surface area contributed by atoms with Crippen LogP contribution in [0.3, 0.4) is 0 Å². The van der Waals surface area contributed by atoms with Crippen molar-refractivity contribution < 1.29 is 14.3 Å². The first-order valence-corrected chi connectivity index (χ1v) is 16.1. The lowest BCUT2D eigenvalue weighted by atomic mass is 9.79. The van der Waals surface area contributed by atoms with Gasteiger partial charge in [-0.25, -0.2) is 4.79 Å². The van der Waals surface area contributed by atoms with E-state index in [1.54, 1.807) is 0 Å². The smallest absolute Gasteiger partial charge is 0.411 e. The Morgan fingerprint density at radius 3 is 1.91 bits per heavy atom. The van der Waals surface area contributed by atoms with Gasteiger partial charge in [0.1, 0.15) is 12.2 Å². The largest absolute Gasteiger partial charge is 0.448 e. The van der Waals surface area contributed by atoms with Crippen LogP contribution < -0.4 is 5.32 Å². The van der Waals surface area contributed by atoms with Crippen LogP contribution in [0.25, 0.3) is 11.1 Å². The molecule has 1 aliphatic carbocycles.